The molecule has 0 spiro atoms. The monoisotopic (exact) mass is 342 g/mol. The van der Waals surface area contributed by atoms with Gasteiger partial charge in [0.15, 0.2) is 5.78 Å². The molecule has 0 radical (unpaired) electrons. The normalized spacial score (nSPS) is 19.8. The first-order valence-electron chi connectivity index (χ1n) is 8.11. The van der Waals surface area contributed by atoms with Crippen molar-refractivity contribution in [2.75, 3.05) is 6.54 Å². The molecule has 1 aromatic rings. The van der Waals surface area contributed by atoms with E-state index < -0.39 is 0 Å². The lowest BCUT2D eigenvalue weighted by Gasteiger charge is -2.09. The maximum Gasteiger partial charge on any atom is 0.275 e. The van der Waals surface area contributed by atoms with Crippen LogP contribution in [0.5, 0.6) is 0 Å². The fraction of sp³-hybridized carbons (Fsp3) is 0.333. The lowest BCUT2D eigenvalue weighted by atomic mass is 9.88. The molecule has 6 heteroatoms. The minimum absolute atomic E-state index is 0. The zero-order valence-electron chi connectivity index (χ0n) is 13.1. The zero-order chi connectivity index (χ0) is 15.7. The lowest BCUT2D eigenvalue weighted by Crippen LogP contribution is -2.33. The summed E-state index contributed by atoms with van der Waals surface area (Å²) < 4.78 is 1.09. The highest BCUT2D eigenvalue weighted by Crippen LogP contribution is 2.47. The maximum absolute atomic E-state index is 12.9. The molecule has 2 heterocycles. The van der Waals surface area contributed by atoms with Crippen molar-refractivity contribution in [2.24, 2.45) is 10.7 Å². The number of rotatable bonds is 1. The number of nitroso groups, excluding NO2 is 1. The third kappa shape index (κ3) is 1.74. The van der Waals surface area contributed by atoms with Gasteiger partial charge in [-0.15, -0.1) is 12.4 Å². The fourth-order valence-corrected chi connectivity index (χ4v) is 4.40. The molecule has 0 saturated heterocycles. The van der Waals surface area contributed by atoms with E-state index in [0.717, 1.165) is 74.5 Å². The van der Waals surface area contributed by atoms with Crippen molar-refractivity contribution in [1.82, 2.24) is 0 Å². The smallest absolute Gasteiger partial charge is 0.275 e. The quantitative estimate of drug-likeness (QED) is 0.780. The van der Waals surface area contributed by atoms with Crippen LogP contribution in [0.1, 0.15) is 42.4 Å². The average Bonchev–Trinajstić information content (AvgIpc) is 3.21. The SMILES string of the molecule is Cl.NCC1=c2c(c3c(c4c2=CC(=O)C4)[N+](=O)C2=C3CCCC2)C=N1. The van der Waals surface area contributed by atoms with E-state index in [9.17, 15) is 9.70 Å². The number of carbonyl (C=O) groups excluding carboxylic acids is 1. The number of fused-ring (bicyclic) bond motifs is 7. The van der Waals surface area contributed by atoms with Crippen molar-refractivity contribution in [2.45, 2.75) is 32.1 Å². The lowest BCUT2D eigenvalue weighted by molar-refractivity contribution is -0.406. The molecular weight excluding hydrogens is 326 g/mol. The summed E-state index contributed by atoms with van der Waals surface area (Å²) in [5, 5.41) is 1.84. The van der Waals surface area contributed by atoms with Crippen LogP contribution in [0.15, 0.2) is 10.7 Å². The fourth-order valence-electron chi connectivity index (χ4n) is 4.40. The van der Waals surface area contributed by atoms with E-state index >= 15 is 0 Å². The topological polar surface area (TPSA) is 75.5 Å². The van der Waals surface area contributed by atoms with Crippen LogP contribution in [0, 0.1) is 4.91 Å². The van der Waals surface area contributed by atoms with E-state index in [1.807, 2.05) is 6.21 Å². The molecule has 5 nitrogen and oxygen atoms in total. The summed E-state index contributed by atoms with van der Waals surface area (Å²) >= 11 is 0. The summed E-state index contributed by atoms with van der Waals surface area (Å²) in [4.78, 5) is 29.4. The third-order valence-corrected chi connectivity index (χ3v) is 5.33. The van der Waals surface area contributed by atoms with Crippen LogP contribution < -0.4 is 16.2 Å². The minimum Gasteiger partial charge on any atom is -0.325 e. The number of hydrogen-bond acceptors (Lipinski definition) is 4. The molecule has 0 unspecified atom stereocenters. The molecule has 0 fully saturated rings. The number of ketones is 1. The Kier molecular flexibility index (Phi) is 3.34. The molecule has 2 aliphatic carbocycles. The summed E-state index contributed by atoms with van der Waals surface area (Å²) in [6.45, 7) is 0.337. The van der Waals surface area contributed by atoms with Crippen molar-refractivity contribution < 1.29 is 9.55 Å². The van der Waals surface area contributed by atoms with Crippen LogP contribution in [-0.4, -0.2) is 23.3 Å². The summed E-state index contributed by atoms with van der Waals surface area (Å²) in [6, 6.07) is 0. The number of carbonyl (C=O) groups is 1. The van der Waals surface area contributed by atoms with Gasteiger partial charge in [-0.3, -0.25) is 9.79 Å². The number of aliphatic imine (C=N–C) groups is 1. The van der Waals surface area contributed by atoms with Crippen molar-refractivity contribution >= 4 is 47.4 Å². The second kappa shape index (κ2) is 5.19. The number of nitrogens with zero attached hydrogens (tertiary/aromatic N) is 2. The molecule has 2 N–H and O–H groups in total. The molecule has 122 valence electrons. The predicted octanol–water partition coefficient (Wildman–Crippen LogP) is 1.22. The molecule has 0 saturated carbocycles. The van der Waals surface area contributed by atoms with Crippen molar-refractivity contribution in [3.8, 4) is 0 Å². The Labute approximate surface area is 144 Å². The first-order chi connectivity index (χ1) is 11.2. The van der Waals surface area contributed by atoms with Gasteiger partial charge in [-0.1, -0.05) is 0 Å². The van der Waals surface area contributed by atoms with Crippen LogP contribution in [0.4, 0.5) is 5.69 Å². The predicted molar refractivity (Wildman–Crippen MR) is 94.8 cm³/mol. The Bertz CT molecular complexity index is 1020. The maximum atomic E-state index is 12.9. The Hall–Kier alpha value is -2.11. The molecule has 1 aromatic carbocycles. The highest BCUT2D eigenvalue weighted by atomic mass is 35.5. The van der Waals surface area contributed by atoms with Gasteiger partial charge in [0.1, 0.15) is 0 Å². The summed E-state index contributed by atoms with van der Waals surface area (Å²) in [6.07, 6.45) is 7.69. The van der Waals surface area contributed by atoms with Crippen LogP contribution in [0.2, 0.25) is 0 Å². The number of benzene rings is 1. The van der Waals surface area contributed by atoms with Gasteiger partial charge in [0.25, 0.3) is 5.69 Å². The standard InChI is InChI=1S/C18H16N3O2.ClH/c19-7-14-16-11-5-9(22)6-12(11)18-17(13(16)8-20-14)10-3-1-2-4-15(10)21(18)23;/h5,8H,1-4,6-7,19H2;1H/q+1;. The molecule has 0 bridgehead atoms. The van der Waals surface area contributed by atoms with Crippen molar-refractivity contribution in [3.05, 3.63) is 37.7 Å². The van der Waals surface area contributed by atoms with Gasteiger partial charge < -0.3 is 5.73 Å². The molecular formula is C18H17ClN3O2+. The second-order valence-corrected chi connectivity index (χ2v) is 6.53. The van der Waals surface area contributed by atoms with E-state index in [2.05, 4.69) is 4.99 Å². The first-order valence-corrected chi connectivity index (χ1v) is 8.11. The van der Waals surface area contributed by atoms with E-state index in [0.29, 0.717) is 18.7 Å². The van der Waals surface area contributed by atoms with E-state index in [4.69, 9.17) is 5.73 Å². The number of allylic oxidation sites excluding steroid dienone is 2. The second-order valence-electron chi connectivity index (χ2n) is 6.53. The average molecular weight is 343 g/mol. The van der Waals surface area contributed by atoms with E-state index in [1.54, 1.807) is 6.08 Å². The Balaban J connectivity index is 0.00000146. The zero-order valence-corrected chi connectivity index (χ0v) is 13.9. The Morgan fingerprint density at radius 2 is 2.04 bits per heavy atom. The summed E-state index contributed by atoms with van der Waals surface area (Å²) in [5.41, 5.74) is 12.3. The third-order valence-electron chi connectivity index (χ3n) is 5.33. The van der Waals surface area contributed by atoms with Crippen LogP contribution >= 0.6 is 12.4 Å². The molecule has 24 heavy (non-hydrogen) atoms. The van der Waals surface area contributed by atoms with Gasteiger partial charge >= 0.3 is 0 Å². The molecule has 0 aromatic heterocycles. The van der Waals surface area contributed by atoms with Gasteiger partial charge in [-0.05, 0) is 30.6 Å². The Morgan fingerprint density at radius 1 is 1.25 bits per heavy atom. The number of hydrogen-bond donors (Lipinski definition) is 1. The molecule has 2 aliphatic heterocycles. The van der Waals surface area contributed by atoms with Gasteiger partial charge in [0.2, 0.25) is 5.70 Å². The highest BCUT2D eigenvalue weighted by molar-refractivity contribution is 6.12. The van der Waals surface area contributed by atoms with Gasteiger partial charge in [-0.25, -0.2) is 0 Å². The molecule has 0 atom stereocenters. The van der Waals surface area contributed by atoms with Crippen LogP contribution in [0.3, 0.4) is 0 Å². The molecule has 5 rings (SSSR count). The minimum atomic E-state index is 0. The van der Waals surface area contributed by atoms with Crippen molar-refractivity contribution in [1.29, 1.82) is 0 Å². The number of Topliss-reactive ketones (excluding diaryl/α,β-unsaturated/α-hetero) is 1. The largest absolute Gasteiger partial charge is 0.325 e. The number of halogens is 1. The van der Waals surface area contributed by atoms with E-state index in [-0.39, 0.29) is 18.2 Å². The van der Waals surface area contributed by atoms with Gasteiger partial charge in [0, 0.05) is 52.4 Å². The van der Waals surface area contributed by atoms with Gasteiger partial charge in [-0.2, -0.15) is 0 Å². The highest BCUT2D eigenvalue weighted by Gasteiger charge is 2.45. The van der Waals surface area contributed by atoms with Crippen LogP contribution in [-0.2, 0) is 11.2 Å². The van der Waals surface area contributed by atoms with Gasteiger partial charge in [0.05, 0.1) is 16.0 Å². The van der Waals surface area contributed by atoms with Crippen molar-refractivity contribution in [3.63, 3.8) is 0 Å². The molecule has 0 amide bonds. The van der Waals surface area contributed by atoms with E-state index in [1.165, 1.54) is 0 Å². The first kappa shape index (κ1) is 15.4. The Morgan fingerprint density at radius 3 is 2.83 bits per heavy atom. The number of nitrogens with two attached hydrogens (primary N) is 1. The van der Waals surface area contributed by atoms with Crippen LogP contribution in [0.25, 0.3) is 17.3 Å². The summed E-state index contributed by atoms with van der Waals surface area (Å²) in [5.74, 6) is 0.0529. The molecule has 4 aliphatic rings. The summed E-state index contributed by atoms with van der Waals surface area (Å²) in [7, 11) is 0.